The van der Waals surface area contributed by atoms with Crippen molar-refractivity contribution in [2.45, 2.75) is 37.8 Å². The summed E-state index contributed by atoms with van der Waals surface area (Å²) in [4.78, 5) is 2.40. The SMILES string of the molecule is COc1cc2c3cc1Oc1cc4c(c(OC)c1OC)CCNC4Cc1ccc(O)c(c1)Oc1ccc(cc1)CC3N(C)CC2. The summed E-state index contributed by atoms with van der Waals surface area (Å²) < 4.78 is 30.7. The van der Waals surface area contributed by atoms with Gasteiger partial charge in [0, 0.05) is 24.2 Å². The maximum Gasteiger partial charge on any atom is 0.204 e. The number of methoxy groups -OCH3 is 3. The number of nitrogens with zero attached hydrogens (tertiary/aromatic N) is 1. The highest BCUT2D eigenvalue weighted by molar-refractivity contribution is 5.63. The van der Waals surface area contributed by atoms with Crippen molar-refractivity contribution in [1.29, 1.82) is 0 Å². The van der Waals surface area contributed by atoms with Crippen molar-refractivity contribution in [3.8, 4) is 46.0 Å². The summed E-state index contributed by atoms with van der Waals surface area (Å²) in [7, 11) is 7.18. The van der Waals surface area contributed by atoms with Crippen LogP contribution in [0.4, 0.5) is 0 Å². The Labute approximate surface area is 258 Å². The van der Waals surface area contributed by atoms with Gasteiger partial charge in [-0.25, -0.2) is 0 Å². The molecule has 4 heterocycles. The average Bonchev–Trinajstić information content (AvgIpc) is 3.04. The van der Waals surface area contributed by atoms with Gasteiger partial charge in [-0.1, -0.05) is 18.2 Å². The first kappa shape index (κ1) is 28.4. The number of fused-ring (bicyclic) bond motifs is 2. The highest BCUT2D eigenvalue weighted by Gasteiger charge is 2.31. The summed E-state index contributed by atoms with van der Waals surface area (Å²) in [5.41, 5.74) is 6.88. The van der Waals surface area contributed by atoms with Crippen LogP contribution in [0, 0.1) is 0 Å². The van der Waals surface area contributed by atoms with E-state index in [1.54, 1.807) is 27.4 Å². The number of nitrogens with one attached hydrogen (secondary N) is 1. The number of likely N-dealkylation sites (N-methyl/N-ethyl adjacent to an activating group) is 1. The third-order valence-corrected chi connectivity index (χ3v) is 9.20. The fourth-order valence-corrected chi connectivity index (χ4v) is 6.90. The van der Waals surface area contributed by atoms with Crippen molar-refractivity contribution in [2.24, 2.45) is 0 Å². The molecule has 8 nitrogen and oxygen atoms in total. The minimum atomic E-state index is -0.0249. The van der Waals surface area contributed by atoms with Crippen LogP contribution in [0.2, 0.25) is 0 Å². The van der Waals surface area contributed by atoms with E-state index in [4.69, 9.17) is 23.7 Å². The maximum absolute atomic E-state index is 10.7. The van der Waals surface area contributed by atoms with E-state index in [2.05, 4.69) is 47.6 Å². The number of hydrogen-bond donors (Lipinski definition) is 2. The van der Waals surface area contributed by atoms with Gasteiger partial charge in [-0.3, -0.25) is 4.90 Å². The Morgan fingerprint density at radius 3 is 2.32 bits per heavy atom. The molecule has 8 bridgehead atoms. The highest BCUT2D eigenvalue weighted by Crippen LogP contribution is 2.49. The Morgan fingerprint density at radius 2 is 1.55 bits per heavy atom. The lowest BCUT2D eigenvalue weighted by Crippen LogP contribution is -2.33. The van der Waals surface area contributed by atoms with E-state index in [0.29, 0.717) is 46.7 Å². The van der Waals surface area contributed by atoms with Crippen LogP contribution >= 0.6 is 0 Å². The predicted molar refractivity (Wildman–Crippen MR) is 168 cm³/mol. The zero-order valence-corrected chi connectivity index (χ0v) is 25.6. The average molecular weight is 595 g/mol. The van der Waals surface area contributed by atoms with Gasteiger partial charge < -0.3 is 34.1 Å². The minimum absolute atomic E-state index is 0.0249. The molecule has 4 aliphatic heterocycles. The Hall–Kier alpha value is -4.40. The topological polar surface area (TPSA) is 81.7 Å². The van der Waals surface area contributed by atoms with Crippen molar-refractivity contribution in [3.05, 3.63) is 94.0 Å². The van der Waals surface area contributed by atoms with E-state index in [1.807, 2.05) is 24.3 Å². The second-order valence-electron chi connectivity index (χ2n) is 11.8. The smallest absolute Gasteiger partial charge is 0.204 e. The second-order valence-corrected chi connectivity index (χ2v) is 11.8. The van der Waals surface area contributed by atoms with Gasteiger partial charge >= 0.3 is 0 Å². The van der Waals surface area contributed by atoms with E-state index >= 15 is 0 Å². The number of aromatic hydroxyl groups is 1. The van der Waals surface area contributed by atoms with Crippen LogP contribution in [0.25, 0.3) is 0 Å². The van der Waals surface area contributed by atoms with Crippen LogP contribution in [0.1, 0.15) is 45.5 Å². The van der Waals surface area contributed by atoms with Crippen molar-refractivity contribution >= 4 is 0 Å². The van der Waals surface area contributed by atoms with Gasteiger partial charge in [-0.05, 0) is 110 Å². The number of hydrogen-bond acceptors (Lipinski definition) is 8. The zero-order chi connectivity index (χ0) is 30.4. The van der Waals surface area contributed by atoms with Gasteiger partial charge in [0.1, 0.15) is 5.75 Å². The monoisotopic (exact) mass is 594 g/mol. The molecule has 4 aliphatic rings. The van der Waals surface area contributed by atoms with Gasteiger partial charge in [-0.15, -0.1) is 0 Å². The Kier molecular flexibility index (Phi) is 7.48. The molecule has 0 radical (unpaired) electrons. The lowest BCUT2D eigenvalue weighted by molar-refractivity contribution is 0.228. The van der Waals surface area contributed by atoms with Gasteiger partial charge in [0.2, 0.25) is 5.75 Å². The maximum atomic E-state index is 10.7. The van der Waals surface area contributed by atoms with Crippen LogP contribution in [0.15, 0.2) is 60.7 Å². The molecule has 0 saturated carbocycles. The molecule has 4 aromatic carbocycles. The lowest BCUT2D eigenvalue weighted by atomic mass is 9.88. The number of benzene rings is 4. The molecule has 4 aromatic rings. The fourth-order valence-electron chi connectivity index (χ4n) is 6.90. The number of rotatable bonds is 3. The molecule has 8 heteroatoms. The van der Waals surface area contributed by atoms with Crippen molar-refractivity contribution in [1.82, 2.24) is 10.2 Å². The first-order valence-electron chi connectivity index (χ1n) is 15.1. The summed E-state index contributed by atoms with van der Waals surface area (Å²) in [6.07, 6.45) is 3.21. The molecule has 0 spiro atoms. The van der Waals surface area contributed by atoms with Crippen molar-refractivity contribution in [3.63, 3.8) is 0 Å². The largest absolute Gasteiger partial charge is 0.504 e. The second kappa shape index (κ2) is 11.6. The fraction of sp³-hybridized carbons (Fsp3) is 0.333. The van der Waals surface area contributed by atoms with Crippen LogP contribution < -0.4 is 29.0 Å². The van der Waals surface area contributed by atoms with Crippen LogP contribution in [0.5, 0.6) is 46.0 Å². The number of phenolic OH excluding ortho intramolecular Hbond substituents is 1. The van der Waals surface area contributed by atoms with E-state index in [0.717, 1.165) is 49.0 Å². The molecular formula is C36H38N2O6. The molecule has 228 valence electrons. The van der Waals surface area contributed by atoms with E-state index < -0.39 is 0 Å². The molecule has 0 aliphatic carbocycles. The molecule has 0 saturated heterocycles. The first-order chi connectivity index (χ1) is 21.4. The van der Waals surface area contributed by atoms with E-state index in [1.165, 1.54) is 16.7 Å². The molecule has 2 unspecified atom stereocenters. The van der Waals surface area contributed by atoms with Crippen molar-refractivity contribution in [2.75, 3.05) is 41.5 Å². The van der Waals surface area contributed by atoms with Gasteiger partial charge in [0.25, 0.3) is 0 Å². The Balaban J connectivity index is 1.43. The van der Waals surface area contributed by atoms with Gasteiger partial charge in [0.15, 0.2) is 34.5 Å². The summed E-state index contributed by atoms with van der Waals surface area (Å²) >= 11 is 0. The summed E-state index contributed by atoms with van der Waals surface area (Å²) in [5, 5.41) is 14.4. The molecular weight excluding hydrogens is 556 g/mol. The molecule has 0 aromatic heterocycles. The summed E-state index contributed by atoms with van der Waals surface area (Å²) in [6.45, 7) is 1.74. The van der Waals surface area contributed by atoms with Crippen LogP contribution in [0.3, 0.4) is 0 Å². The van der Waals surface area contributed by atoms with Crippen molar-refractivity contribution < 1.29 is 28.8 Å². The molecule has 2 atom stereocenters. The molecule has 44 heavy (non-hydrogen) atoms. The Bertz CT molecular complexity index is 1700. The number of ether oxygens (including phenoxy) is 5. The molecule has 0 amide bonds. The minimum Gasteiger partial charge on any atom is -0.504 e. The molecule has 8 rings (SSSR count). The number of phenols is 1. The highest BCUT2D eigenvalue weighted by atomic mass is 16.5. The van der Waals surface area contributed by atoms with Gasteiger partial charge in [-0.2, -0.15) is 0 Å². The third kappa shape index (κ3) is 5.08. The van der Waals surface area contributed by atoms with Gasteiger partial charge in [0.05, 0.1) is 21.3 Å². The summed E-state index contributed by atoms with van der Waals surface area (Å²) in [6, 6.07) is 20.1. The Morgan fingerprint density at radius 1 is 0.773 bits per heavy atom. The zero-order valence-electron chi connectivity index (χ0n) is 25.6. The normalized spacial score (nSPS) is 19.1. The van der Waals surface area contributed by atoms with Crippen LogP contribution in [-0.2, 0) is 25.7 Å². The third-order valence-electron chi connectivity index (χ3n) is 9.20. The van der Waals surface area contributed by atoms with E-state index in [-0.39, 0.29) is 17.8 Å². The molecule has 2 N–H and O–H groups in total. The van der Waals surface area contributed by atoms with E-state index in [9.17, 15) is 5.11 Å². The van der Waals surface area contributed by atoms with Crippen LogP contribution in [-0.4, -0.2) is 51.5 Å². The standard InChI is InChI=1S/C36H38N2O6/c1-38-14-12-23-18-32(40-2)33-19-26(23)29(38)16-21-5-8-24(9-6-21)43-31-17-22(7-10-30(31)39)15-28-27-20-34(44-33)36(42-4)35(41-3)25(27)11-13-37-28/h5-10,17-20,28-29,37,39H,11-16H2,1-4H3. The quantitative estimate of drug-likeness (QED) is 0.278. The first-order valence-corrected chi connectivity index (χ1v) is 15.1. The predicted octanol–water partition coefficient (Wildman–Crippen LogP) is 6.52. The lowest BCUT2D eigenvalue weighted by Gasteiger charge is -2.35. The molecule has 0 fully saturated rings. The summed E-state index contributed by atoms with van der Waals surface area (Å²) in [5.74, 6) is 4.35.